The molecule has 0 amide bonds. The summed E-state index contributed by atoms with van der Waals surface area (Å²) in [5.74, 6) is 0.417. The average Bonchev–Trinajstić information content (AvgIpc) is 3.18. The van der Waals surface area contributed by atoms with E-state index in [0.29, 0.717) is 23.5 Å². The van der Waals surface area contributed by atoms with Crippen LogP contribution in [0.5, 0.6) is 0 Å². The Bertz CT molecular complexity index is 578. The van der Waals surface area contributed by atoms with Gasteiger partial charge in [-0.05, 0) is 54.7 Å². The lowest BCUT2D eigenvalue weighted by atomic mass is 9.78. The lowest BCUT2D eigenvalue weighted by Gasteiger charge is -2.36. The van der Waals surface area contributed by atoms with Crippen LogP contribution < -0.4 is 5.32 Å². The summed E-state index contributed by atoms with van der Waals surface area (Å²) in [4.78, 5) is 0. The summed E-state index contributed by atoms with van der Waals surface area (Å²) in [5, 5.41) is 3.63. The van der Waals surface area contributed by atoms with E-state index >= 15 is 0 Å². The monoisotopic (exact) mass is 341 g/mol. The molecular weight excluding hydrogens is 315 g/mol. The summed E-state index contributed by atoms with van der Waals surface area (Å²) < 4.78 is 44.4. The molecule has 0 saturated heterocycles. The number of benzene rings is 1. The van der Waals surface area contributed by atoms with E-state index in [4.69, 9.17) is 4.74 Å². The quantitative estimate of drug-likeness (QED) is 0.790. The SMILES string of the molecule is COC1CC2(C1)CC2NC(CC(C)C)c1cccc(C(F)(F)F)c1. The predicted octanol–water partition coefficient (Wildman–Crippen LogP) is 4.95. The Morgan fingerprint density at radius 2 is 1.96 bits per heavy atom. The van der Waals surface area contributed by atoms with Crippen LogP contribution in [0, 0.1) is 11.3 Å². The fraction of sp³-hybridized carbons (Fsp3) is 0.684. The largest absolute Gasteiger partial charge is 0.416 e. The summed E-state index contributed by atoms with van der Waals surface area (Å²) in [5.41, 5.74) is 0.504. The van der Waals surface area contributed by atoms with Gasteiger partial charge in [-0.25, -0.2) is 0 Å². The minimum absolute atomic E-state index is 0.0294. The summed E-state index contributed by atoms with van der Waals surface area (Å²) in [6.45, 7) is 4.21. The number of hydrogen-bond donors (Lipinski definition) is 1. The molecule has 0 radical (unpaired) electrons. The molecule has 0 aromatic heterocycles. The van der Waals surface area contributed by atoms with Gasteiger partial charge in [0.2, 0.25) is 0 Å². The van der Waals surface area contributed by atoms with E-state index in [9.17, 15) is 13.2 Å². The third-order valence-electron chi connectivity index (χ3n) is 5.52. The van der Waals surface area contributed by atoms with Crippen molar-refractivity contribution in [2.45, 2.75) is 63.9 Å². The number of ether oxygens (including phenoxy) is 1. The molecule has 2 saturated carbocycles. The van der Waals surface area contributed by atoms with Crippen molar-refractivity contribution in [3.8, 4) is 0 Å². The van der Waals surface area contributed by atoms with Gasteiger partial charge in [0.25, 0.3) is 0 Å². The maximum absolute atomic E-state index is 13.0. The Morgan fingerprint density at radius 3 is 2.54 bits per heavy atom. The van der Waals surface area contributed by atoms with Crippen LogP contribution in [0.3, 0.4) is 0 Å². The van der Waals surface area contributed by atoms with E-state index in [1.165, 1.54) is 12.1 Å². The molecule has 1 spiro atoms. The van der Waals surface area contributed by atoms with Gasteiger partial charge in [-0.2, -0.15) is 13.2 Å². The number of halogens is 3. The van der Waals surface area contributed by atoms with Crippen molar-refractivity contribution in [1.82, 2.24) is 5.32 Å². The fourth-order valence-corrected chi connectivity index (χ4v) is 3.99. The zero-order valence-electron chi connectivity index (χ0n) is 14.5. The van der Waals surface area contributed by atoms with Crippen LogP contribution in [-0.2, 0) is 10.9 Å². The summed E-state index contributed by atoms with van der Waals surface area (Å²) >= 11 is 0. The topological polar surface area (TPSA) is 21.3 Å². The third-order valence-corrected chi connectivity index (χ3v) is 5.52. The standard InChI is InChI=1S/C19H26F3NO/c1-12(2)7-16(13-5-4-6-14(8-13)19(20,21)22)23-17-11-18(17)9-15(10-18)24-3/h4-6,8,12,15-17,23H,7,9-11H2,1-3H3. The van der Waals surface area contributed by atoms with Crippen molar-refractivity contribution in [2.24, 2.45) is 11.3 Å². The van der Waals surface area contributed by atoms with Gasteiger partial charge in [0.15, 0.2) is 0 Å². The molecule has 1 N–H and O–H groups in total. The van der Waals surface area contributed by atoms with E-state index in [1.807, 2.05) is 6.07 Å². The van der Waals surface area contributed by atoms with Crippen LogP contribution in [0.25, 0.3) is 0 Å². The first-order valence-corrected chi connectivity index (χ1v) is 8.69. The number of methoxy groups -OCH3 is 1. The van der Waals surface area contributed by atoms with Crippen LogP contribution in [0.1, 0.15) is 56.7 Å². The fourth-order valence-electron chi connectivity index (χ4n) is 3.99. The third kappa shape index (κ3) is 3.62. The summed E-state index contributed by atoms with van der Waals surface area (Å²) in [6.07, 6.45) is 0.144. The Morgan fingerprint density at radius 1 is 1.25 bits per heavy atom. The van der Waals surface area contributed by atoms with Crippen molar-refractivity contribution in [2.75, 3.05) is 7.11 Å². The second kappa shape index (κ2) is 6.34. The van der Waals surface area contributed by atoms with Crippen molar-refractivity contribution >= 4 is 0 Å². The zero-order valence-corrected chi connectivity index (χ0v) is 14.5. The van der Waals surface area contributed by atoms with E-state index in [1.54, 1.807) is 7.11 Å². The van der Waals surface area contributed by atoms with Crippen LogP contribution in [0.4, 0.5) is 13.2 Å². The molecule has 5 heteroatoms. The van der Waals surface area contributed by atoms with Gasteiger partial charge >= 0.3 is 6.18 Å². The highest BCUT2D eigenvalue weighted by molar-refractivity contribution is 5.29. The molecule has 2 aliphatic rings. The molecule has 3 rings (SSSR count). The molecule has 2 atom stereocenters. The Hall–Kier alpha value is -1.07. The van der Waals surface area contributed by atoms with Crippen molar-refractivity contribution < 1.29 is 17.9 Å². The van der Waals surface area contributed by atoms with E-state index in [2.05, 4.69) is 19.2 Å². The minimum Gasteiger partial charge on any atom is -0.381 e. The van der Waals surface area contributed by atoms with Crippen molar-refractivity contribution in [1.29, 1.82) is 0 Å². The molecule has 134 valence electrons. The molecule has 0 aliphatic heterocycles. The van der Waals surface area contributed by atoms with E-state index in [0.717, 1.165) is 37.3 Å². The number of rotatable bonds is 6. The van der Waals surface area contributed by atoms with Crippen LogP contribution in [0.15, 0.2) is 24.3 Å². The van der Waals surface area contributed by atoms with E-state index in [-0.39, 0.29) is 6.04 Å². The second-order valence-electron chi connectivity index (χ2n) is 7.86. The molecule has 1 aromatic carbocycles. The molecule has 2 aliphatic carbocycles. The van der Waals surface area contributed by atoms with Gasteiger partial charge in [-0.1, -0.05) is 26.0 Å². The first kappa shape index (κ1) is 17.7. The maximum Gasteiger partial charge on any atom is 0.416 e. The Kier molecular flexibility index (Phi) is 4.69. The van der Waals surface area contributed by atoms with E-state index < -0.39 is 11.7 Å². The maximum atomic E-state index is 13.0. The first-order valence-electron chi connectivity index (χ1n) is 8.69. The summed E-state index contributed by atoms with van der Waals surface area (Å²) in [6, 6.07) is 6.14. The highest BCUT2D eigenvalue weighted by Gasteiger charge is 2.62. The Labute approximate surface area is 141 Å². The van der Waals surface area contributed by atoms with Gasteiger partial charge in [0.05, 0.1) is 11.7 Å². The van der Waals surface area contributed by atoms with Gasteiger partial charge < -0.3 is 10.1 Å². The van der Waals surface area contributed by atoms with Crippen LogP contribution >= 0.6 is 0 Å². The second-order valence-corrected chi connectivity index (χ2v) is 7.86. The van der Waals surface area contributed by atoms with Gasteiger partial charge in [0.1, 0.15) is 0 Å². The van der Waals surface area contributed by atoms with Crippen molar-refractivity contribution in [3.63, 3.8) is 0 Å². The predicted molar refractivity (Wildman–Crippen MR) is 87.6 cm³/mol. The molecule has 0 heterocycles. The normalized spacial score (nSPS) is 30.5. The van der Waals surface area contributed by atoms with Crippen molar-refractivity contribution in [3.05, 3.63) is 35.4 Å². The lowest BCUT2D eigenvalue weighted by Crippen LogP contribution is -2.39. The smallest absolute Gasteiger partial charge is 0.381 e. The average molecular weight is 341 g/mol. The zero-order chi connectivity index (χ0) is 17.5. The van der Waals surface area contributed by atoms with Crippen LogP contribution in [-0.4, -0.2) is 19.3 Å². The first-order chi connectivity index (χ1) is 11.2. The number of nitrogens with one attached hydrogen (secondary N) is 1. The minimum atomic E-state index is -4.29. The molecule has 2 nitrogen and oxygen atoms in total. The molecule has 1 aromatic rings. The molecule has 0 bridgehead atoms. The summed E-state index contributed by atoms with van der Waals surface area (Å²) in [7, 11) is 1.74. The molecule has 2 unspecified atom stereocenters. The lowest BCUT2D eigenvalue weighted by molar-refractivity contribution is -0.137. The molecular formula is C19H26F3NO. The van der Waals surface area contributed by atoms with Gasteiger partial charge in [-0.15, -0.1) is 0 Å². The number of hydrogen-bond acceptors (Lipinski definition) is 2. The molecule has 2 fully saturated rings. The van der Waals surface area contributed by atoms with Crippen LogP contribution in [0.2, 0.25) is 0 Å². The highest BCUT2D eigenvalue weighted by atomic mass is 19.4. The Balaban J connectivity index is 1.71. The van der Waals surface area contributed by atoms with Gasteiger partial charge in [0, 0.05) is 19.2 Å². The number of alkyl halides is 3. The van der Waals surface area contributed by atoms with Gasteiger partial charge in [-0.3, -0.25) is 0 Å². The highest BCUT2D eigenvalue weighted by Crippen LogP contribution is 2.62. The molecule has 24 heavy (non-hydrogen) atoms.